The minimum absolute atomic E-state index is 0.0183. The van der Waals surface area contributed by atoms with Crippen molar-refractivity contribution in [3.63, 3.8) is 0 Å². The van der Waals surface area contributed by atoms with Crippen LogP contribution in [0, 0.1) is 11.6 Å². The Balaban J connectivity index is 1.47. The molecule has 1 aromatic heterocycles. The lowest BCUT2D eigenvalue weighted by Gasteiger charge is -2.28. The van der Waals surface area contributed by atoms with Gasteiger partial charge in [-0.2, -0.15) is 0 Å². The first-order chi connectivity index (χ1) is 16.0. The van der Waals surface area contributed by atoms with Crippen LogP contribution in [0.4, 0.5) is 25.8 Å². The number of nitrogens with zero attached hydrogens (tertiary/aromatic N) is 2. The average Bonchev–Trinajstić information content (AvgIpc) is 3.44. The number of anilines is 3. The summed E-state index contributed by atoms with van der Waals surface area (Å²) in [7, 11) is 0. The second kappa shape index (κ2) is 8.78. The molecule has 168 valence electrons. The van der Waals surface area contributed by atoms with Gasteiger partial charge in [-0.15, -0.1) is 11.3 Å². The van der Waals surface area contributed by atoms with Gasteiger partial charge in [0.25, 0.3) is 11.8 Å². The number of carbonyl (C=O) groups excluding carboxylic acids is 2. The van der Waals surface area contributed by atoms with Crippen LogP contribution in [0.2, 0.25) is 0 Å². The van der Waals surface area contributed by atoms with E-state index in [0.29, 0.717) is 10.6 Å². The number of halogens is 2. The summed E-state index contributed by atoms with van der Waals surface area (Å²) < 4.78 is 27.3. The average molecular weight is 466 g/mol. The number of thiophene rings is 1. The zero-order chi connectivity index (χ0) is 22.9. The Labute approximate surface area is 193 Å². The first kappa shape index (κ1) is 21.3. The Kier molecular flexibility index (Phi) is 5.68. The molecule has 3 heterocycles. The van der Waals surface area contributed by atoms with Crippen molar-refractivity contribution in [3.05, 3.63) is 82.2 Å². The minimum Gasteiger partial charge on any atom is -0.372 e. The normalized spacial score (nSPS) is 16.7. The second-order valence-corrected chi connectivity index (χ2v) is 8.94. The number of hydrogen-bond donors (Lipinski definition) is 1. The zero-order valence-corrected chi connectivity index (χ0v) is 18.5. The lowest BCUT2D eigenvalue weighted by Crippen LogP contribution is -2.32. The largest absolute Gasteiger partial charge is 0.372 e. The molecule has 1 saturated heterocycles. The van der Waals surface area contributed by atoms with E-state index in [-0.39, 0.29) is 17.0 Å². The van der Waals surface area contributed by atoms with Crippen molar-refractivity contribution < 1.29 is 18.4 Å². The van der Waals surface area contributed by atoms with E-state index in [1.807, 2.05) is 29.6 Å². The standard InChI is InChI=1S/C25H21F2N3O2S/c26-19-11-10-18(15-20(19)27)30-24(31)22(21-5-4-14-33-21)23(25(30)32)28-16-6-8-17(9-7-16)29-12-2-1-3-13-29/h4-11,14-15,28H,1-3,12-13H2. The van der Waals surface area contributed by atoms with Crippen molar-refractivity contribution in [2.45, 2.75) is 19.3 Å². The predicted octanol–water partition coefficient (Wildman–Crippen LogP) is 5.41. The van der Waals surface area contributed by atoms with Gasteiger partial charge in [0.15, 0.2) is 11.6 Å². The van der Waals surface area contributed by atoms with E-state index in [1.54, 1.807) is 12.1 Å². The number of rotatable bonds is 5. The number of benzene rings is 2. The molecule has 5 nitrogen and oxygen atoms in total. The lowest BCUT2D eigenvalue weighted by atomic mass is 10.1. The molecule has 1 N–H and O–H groups in total. The number of nitrogens with one attached hydrogen (secondary N) is 1. The Morgan fingerprint density at radius 1 is 0.818 bits per heavy atom. The van der Waals surface area contributed by atoms with Crippen LogP contribution in [-0.4, -0.2) is 24.9 Å². The van der Waals surface area contributed by atoms with Crippen LogP contribution < -0.4 is 15.1 Å². The molecular weight excluding hydrogens is 444 g/mol. The number of amides is 2. The topological polar surface area (TPSA) is 52.7 Å². The summed E-state index contributed by atoms with van der Waals surface area (Å²) in [6.45, 7) is 2.05. The Morgan fingerprint density at radius 2 is 1.55 bits per heavy atom. The van der Waals surface area contributed by atoms with Crippen LogP contribution in [0.3, 0.4) is 0 Å². The van der Waals surface area contributed by atoms with E-state index in [0.717, 1.165) is 35.8 Å². The van der Waals surface area contributed by atoms with Gasteiger partial charge in [0.2, 0.25) is 0 Å². The smallest absolute Gasteiger partial charge is 0.282 e. The quantitative estimate of drug-likeness (QED) is 0.512. The van der Waals surface area contributed by atoms with E-state index < -0.39 is 23.4 Å². The van der Waals surface area contributed by atoms with Gasteiger partial charge in [-0.25, -0.2) is 13.7 Å². The zero-order valence-electron chi connectivity index (χ0n) is 17.7. The molecule has 8 heteroatoms. The summed E-state index contributed by atoms with van der Waals surface area (Å²) in [5.41, 5.74) is 2.07. The number of carbonyl (C=O) groups is 2. The third-order valence-corrected chi connectivity index (χ3v) is 6.76. The molecule has 1 fully saturated rings. The van der Waals surface area contributed by atoms with Crippen molar-refractivity contribution in [3.8, 4) is 0 Å². The molecule has 2 aliphatic rings. The highest BCUT2D eigenvalue weighted by Crippen LogP contribution is 2.36. The number of imide groups is 1. The van der Waals surface area contributed by atoms with Crippen molar-refractivity contribution >= 4 is 45.8 Å². The van der Waals surface area contributed by atoms with Crippen molar-refractivity contribution in [2.75, 3.05) is 28.2 Å². The van der Waals surface area contributed by atoms with Crippen LogP contribution in [0.15, 0.2) is 65.7 Å². The molecule has 3 aromatic rings. The van der Waals surface area contributed by atoms with Crippen molar-refractivity contribution in [2.24, 2.45) is 0 Å². The summed E-state index contributed by atoms with van der Waals surface area (Å²) in [6.07, 6.45) is 3.60. The third-order valence-electron chi connectivity index (χ3n) is 5.87. The molecule has 5 rings (SSSR count). The van der Waals surface area contributed by atoms with E-state index >= 15 is 0 Å². The molecule has 2 amide bonds. The Morgan fingerprint density at radius 3 is 2.21 bits per heavy atom. The van der Waals surface area contributed by atoms with Gasteiger partial charge in [-0.3, -0.25) is 9.59 Å². The van der Waals surface area contributed by atoms with Gasteiger partial charge in [-0.1, -0.05) is 6.07 Å². The van der Waals surface area contributed by atoms with E-state index in [1.165, 1.54) is 36.7 Å². The Hall–Kier alpha value is -3.52. The summed E-state index contributed by atoms with van der Waals surface area (Å²) >= 11 is 1.33. The first-order valence-corrected chi connectivity index (χ1v) is 11.6. The highest BCUT2D eigenvalue weighted by atomic mass is 32.1. The van der Waals surface area contributed by atoms with Crippen molar-refractivity contribution in [1.29, 1.82) is 0 Å². The first-order valence-electron chi connectivity index (χ1n) is 10.8. The molecule has 2 aliphatic heterocycles. The monoisotopic (exact) mass is 465 g/mol. The van der Waals surface area contributed by atoms with E-state index in [2.05, 4.69) is 10.2 Å². The fourth-order valence-electron chi connectivity index (χ4n) is 4.21. The molecule has 0 unspecified atom stereocenters. The SMILES string of the molecule is O=C1C(Nc2ccc(N3CCCCC3)cc2)=C(c2cccs2)C(=O)N1c1ccc(F)c(F)c1. The molecular formula is C25H21F2N3O2S. The van der Waals surface area contributed by atoms with E-state index in [4.69, 9.17) is 0 Å². The summed E-state index contributed by atoms with van der Waals surface area (Å²) in [6, 6.07) is 14.3. The molecule has 2 aromatic carbocycles. The number of piperidine rings is 1. The highest BCUT2D eigenvalue weighted by molar-refractivity contribution is 7.11. The maximum Gasteiger partial charge on any atom is 0.282 e. The summed E-state index contributed by atoms with van der Waals surface area (Å²) in [5.74, 6) is -3.37. The predicted molar refractivity (Wildman–Crippen MR) is 126 cm³/mol. The number of hydrogen-bond acceptors (Lipinski definition) is 5. The molecule has 0 aliphatic carbocycles. The summed E-state index contributed by atoms with van der Waals surface area (Å²) in [4.78, 5) is 30.4. The minimum atomic E-state index is -1.12. The molecule has 0 atom stereocenters. The fraction of sp³-hybridized carbons (Fsp3) is 0.200. The van der Waals surface area contributed by atoms with Gasteiger partial charge in [0, 0.05) is 35.4 Å². The van der Waals surface area contributed by atoms with Gasteiger partial charge in [-0.05, 0) is 67.1 Å². The second-order valence-electron chi connectivity index (χ2n) is 7.99. The molecule has 33 heavy (non-hydrogen) atoms. The highest BCUT2D eigenvalue weighted by Gasteiger charge is 2.41. The summed E-state index contributed by atoms with van der Waals surface area (Å²) in [5, 5.41) is 4.91. The molecule has 0 radical (unpaired) electrons. The molecule has 0 spiro atoms. The van der Waals surface area contributed by atoms with Gasteiger partial charge < -0.3 is 10.2 Å². The van der Waals surface area contributed by atoms with Crippen LogP contribution >= 0.6 is 11.3 Å². The maximum absolute atomic E-state index is 13.8. The van der Waals surface area contributed by atoms with Crippen molar-refractivity contribution in [1.82, 2.24) is 0 Å². The van der Waals surface area contributed by atoms with Crippen LogP contribution in [-0.2, 0) is 9.59 Å². The van der Waals surface area contributed by atoms with Crippen LogP contribution in [0.25, 0.3) is 5.57 Å². The fourth-order valence-corrected chi connectivity index (χ4v) is 4.97. The molecule has 0 saturated carbocycles. The van der Waals surface area contributed by atoms with Crippen LogP contribution in [0.5, 0.6) is 0 Å². The third kappa shape index (κ3) is 4.02. The van der Waals surface area contributed by atoms with E-state index in [9.17, 15) is 18.4 Å². The Bertz CT molecular complexity index is 1230. The maximum atomic E-state index is 13.8. The van der Waals surface area contributed by atoms with Gasteiger partial charge in [0.1, 0.15) is 5.70 Å². The van der Waals surface area contributed by atoms with Gasteiger partial charge in [0.05, 0.1) is 11.3 Å². The van der Waals surface area contributed by atoms with Gasteiger partial charge >= 0.3 is 0 Å². The van der Waals surface area contributed by atoms with Crippen LogP contribution in [0.1, 0.15) is 24.1 Å². The lowest BCUT2D eigenvalue weighted by molar-refractivity contribution is -0.120. The molecule has 0 bridgehead atoms.